The molecule has 1 aromatic rings. The van der Waals surface area contributed by atoms with Crippen molar-refractivity contribution in [2.75, 3.05) is 12.3 Å². The van der Waals surface area contributed by atoms with Crippen molar-refractivity contribution in [2.45, 2.75) is 25.3 Å². The first-order valence-electron chi connectivity index (χ1n) is 7.55. The van der Waals surface area contributed by atoms with E-state index in [4.69, 9.17) is 18.0 Å². The fourth-order valence-corrected chi connectivity index (χ4v) is 3.59. The number of nitrogen functional groups attached to an aromatic ring is 1. The highest BCUT2D eigenvalue weighted by Gasteiger charge is 2.40. The number of carbonyl (C=O) groups excluding carboxylic acids is 1. The van der Waals surface area contributed by atoms with E-state index in [-0.39, 0.29) is 5.78 Å². The maximum atomic E-state index is 12.4. The van der Waals surface area contributed by atoms with Crippen LogP contribution in [0.5, 0.6) is 0 Å². The van der Waals surface area contributed by atoms with Crippen LogP contribution < -0.4 is 11.1 Å². The van der Waals surface area contributed by atoms with Crippen LogP contribution in [0, 0.1) is 5.92 Å². The first kappa shape index (κ1) is 15.8. The molecule has 2 aliphatic rings. The number of anilines is 1. The summed E-state index contributed by atoms with van der Waals surface area (Å²) in [6.07, 6.45) is 3.82. The van der Waals surface area contributed by atoms with Crippen molar-refractivity contribution in [2.24, 2.45) is 5.92 Å². The highest BCUT2D eigenvalue weighted by atomic mass is 32.1. The highest BCUT2D eigenvalue weighted by Crippen LogP contribution is 2.30. The number of allylic oxidation sites excluding steroid dienone is 1. The van der Waals surface area contributed by atoms with Crippen molar-refractivity contribution in [3.05, 3.63) is 34.9 Å². The minimum Gasteiger partial charge on any atom is -0.480 e. The van der Waals surface area contributed by atoms with Gasteiger partial charge in [0.05, 0.1) is 5.92 Å². The molecule has 1 aliphatic heterocycles. The summed E-state index contributed by atoms with van der Waals surface area (Å²) in [6, 6.07) is 4.93. The molecule has 0 spiro atoms. The third-order valence-electron chi connectivity index (χ3n) is 4.43. The van der Waals surface area contributed by atoms with Crippen molar-refractivity contribution < 1.29 is 14.7 Å². The Kier molecular flexibility index (Phi) is 4.28. The lowest BCUT2D eigenvalue weighted by molar-refractivity contribution is -0.141. The molecule has 0 saturated carbocycles. The number of hydrogen-bond donors (Lipinski definition) is 3. The molecule has 120 valence electrons. The third-order valence-corrected chi connectivity index (χ3v) is 4.83. The lowest BCUT2D eigenvalue weighted by atomic mass is 9.91. The lowest BCUT2D eigenvalue weighted by Crippen LogP contribution is -2.39. The van der Waals surface area contributed by atoms with Crippen molar-refractivity contribution >= 4 is 40.6 Å². The van der Waals surface area contributed by atoms with Gasteiger partial charge in [-0.2, -0.15) is 0 Å². The first-order valence-corrected chi connectivity index (χ1v) is 7.96. The molecule has 1 aromatic carbocycles. The number of ketones is 1. The first-order chi connectivity index (χ1) is 11.0. The number of nitrogens with one attached hydrogen (secondary N) is 1. The second-order valence-corrected chi connectivity index (χ2v) is 6.57. The van der Waals surface area contributed by atoms with Gasteiger partial charge in [-0.05, 0) is 36.1 Å². The second-order valence-electron chi connectivity index (χ2n) is 6.04. The zero-order valence-electron chi connectivity index (χ0n) is 12.5. The summed E-state index contributed by atoms with van der Waals surface area (Å²) in [5.74, 6) is -1.81. The van der Waals surface area contributed by atoms with Gasteiger partial charge in [0.15, 0.2) is 0 Å². The van der Waals surface area contributed by atoms with Gasteiger partial charge in [-0.25, -0.2) is 0 Å². The van der Waals surface area contributed by atoms with E-state index in [9.17, 15) is 14.7 Å². The molecule has 1 saturated heterocycles. The summed E-state index contributed by atoms with van der Waals surface area (Å²) in [4.78, 5) is 24.1. The van der Waals surface area contributed by atoms with Crippen molar-refractivity contribution in [1.29, 1.82) is 0 Å². The molecule has 4 N–H and O–H groups in total. The van der Waals surface area contributed by atoms with E-state index in [1.807, 2.05) is 18.2 Å². The maximum Gasteiger partial charge on any atom is 0.321 e. The molecule has 1 aliphatic carbocycles. The summed E-state index contributed by atoms with van der Waals surface area (Å²) in [7, 11) is 0. The molecule has 1 fully saturated rings. The fourth-order valence-electron chi connectivity index (χ4n) is 3.24. The van der Waals surface area contributed by atoms with E-state index >= 15 is 0 Å². The molecule has 2 atom stereocenters. The Balaban J connectivity index is 1.63. The summed E-state index contributed by atoms with van der Waals surface area (Å²) in [5.41, 5.74) is 9.99. The van der Waals surface area contributed by atoms with Crippen LogP contribution in [0.25, 0.3) is 6.08 Å². The maximum absolute atomic E-state index is 12.4. The van der Waals surface area contributed by atoms with Crippen LogP contribution in [-0.2, 0) is 16.0 Å². The summed E-state index contributed by atoms with van der Waals surface area (Å²) < 4.78 is 0. The Morgan fingerprint density at radius 3 is 2.91 bits per heavy atom. The summed E-state index contributed by atoms with van der Waals surface area (Å²) in [6.45, 7) is 0.316. The monoisotopic (exact) mass is 330 g/mol. The van der Waals surface area contributed by atoms with Gasteiger partial charge in [-0.1, -0.05) is 29.9 Å². The third kappa shape index (κ3) is 3.18. The Bertz CT molecular complexity index is 727. The van der Waals surface area contributed by atoms with Gasteiger partial charge in [0, 0.05) is 23.5 Å². The highest BCUT2D eigenvalue weighted by molar-refractivity contribution is 7.80. The minimum absolute atomic E-state index is 0.0937. The smallest absolute Gasteiger partial charge is 0.321 e. The quantitative estimate of drug-likeness (QED) is 0.561. The Labute approximate surface area is 139 Å². The number of rotatable bonds is 5. The number of carboxylic acids is 1. The number of thiocarbonyl (C=S) groups is 1. The largest absolute Gasteiger partial charge is 0.480 e. The van der Waals surface area contributed by atoms with Crippen LogP contribution >= 0.6 is 12.2 Å². The van der Waals surface area contributed by atoms with Crippen molar-refractivity contribution in [3.63, 3.8) is 0 Å². The molecule has 1 heterocycles. The molecule has 0 bridgehead atoms. The van der Waals surface area contributed by atoms with Crippen LogP contribution in [0.4, 0.5) is 5.69 Å². The molecule has 5 nitrogen and oxygen atoms in total. The minimum atomic E-state index is -1.02. The normalized spacial score (nSPS) is 22.8. The van der Waals surface area contributed by atoms with Crippen molar-refractivity contribution in [1.82, 2.24) is 5.32 Å². The molecule has 3 rings (SSSR count). The van der Waals surface area contributed by atoms with E-state index in [2.05, 4.69) is 11.4 Å². The van der Waals surface area contributed by atoms with E-state index in [1.54, 1.807) is 0 Å². The van der Waals surface area contributed by atoms with E-state index < -0.39 is 17.9 Å². The van der Waals surface area contributed by atoms with Crippen molar-refractivity contribution in [3.8, 4) is 0 Å². The van der Waals surface area contributed by atoms with Crippen LogP contribution in [0.1, 0.15) is 24.0 Å². The number of carbonyl (C=O) groups is 2. The van der Waals surface area contributed by atoms with Gasteiger partial charge in [0.25, 0.3) is 0 Å². The average Bonchev–Trinajstić information content (AvgIpc) is 3.07. The number of nitrogens with two attached hydrogens (primary N) is 1. The fraction of sp³-hybridized carbons (Fsp3) is 0.353. The van der Waals surface area contributed by atoms with Gasteiger partial charge >= 0.3 is 5.97 Å². The van der Waals surface area contributed by atoms with E-state index in [0.717, 1.165) is 17.7 Å². The predicted octanol–water partition coefficient (Wildman–Crippen LogP) is 1.60. The zero-order valence-corrected chi connectivity index (χ0v) is 13.4. The number of fused-ring (bicyclic) bond motifs is 1. The van der Waals surface area contributed by atoms with Crippen LogP contribution in [0.3, 0.4) is 0 Å². The number of aliphatic carboxylic acids is 1. The van der Waals surface area contributed by atoms with Crippen LogP contribution in [0.15, 0.2) is 23.8 Å². The number of carboxylic acid groups (broad SMARTS) is 1. The molecule has 0 aromatic heterocycles. The molecule has 6 heteroatoms. The molecule has 23 heavy (non-hydrogen) atoms. The summed E-state index contributed by atoms with van der Waals surface area (Å²) in [5, 5.41) is 12.0. The Morgan fingerprint density at radius 1 is 1.39 bits per heavy atom. The number of benzene rings is 1. The van der Waals surface area contributed by atoms with Gasteiger partial charge < -0.3 is 10.8 Å². The van der Waals surface area contributed by atoms with Gasteiger partial charge in [-0.3, -0.25) is 14.9 Å². The number of Topliss-reactive ketones (excluding diaryl/α,β-unsaturated/α-hetero) is 1. The molecule has 0 radical (unpaired) electrons. The average molecular weight is 330 g/mol. The standard InChI is InChI=1S/C17H18N2O3S/c18-12-3-2-10-5-9(6-11(10)7-12)1-4-13(20)15-14(23)8-19-16(15)17(21)22/h2-3,6-7,15-16,19H,1,4-5,8,18H2,(H,21,22)/t15?,16-/m0/s1. The van der Waals surface area contributed by atoms with Gasteiger partial charge in [0.1, 0.15) is 11.8 Å². The second kappa shape index (κ2) is 6.22. The zero-order chi connectivity index (χ0) is 16.6. The van der Waals surface area contributed by atoms with E-state index in [0.29, 0.717) is 24.3 Å². The SMILES string of the molecule is Nc1ccc2c(c1)C=C(CCC(=O)C1C(=S)CN[C@@H]1C(=O)O)C2. The Morgan fingerprint density at radius 2 is 2.17 bits per heavy atom. The summed E-state index contributed by atoms with van der Waals surface area (Å²) >= 11 is 5.16. The molecular formula is C17H18N2O3S. The lowest BCUT2D eigenvalue weighted by Gasteiger charge is -2.14. The van der Waals surface area contributed by atoms with Crippen LogP contribution in [-0.4, -0.2) is 34.3 Å². The predicted molar refractivity (Wildman–Crippen MR) is 92.3 cm³/mol. The van der Waals surface area contributed by atoms with Gasteiger partial charge in [0.2, 0.25) is 0 Å². The number of hydrogen-bond acceptors (Lipinski definition) is 5. The van der Waals surface area contributed by atoms with E-state index in [1.165, 1.54) is 11.1 Å². The molecular weight excluding hydrogens is 312 g/mol. The van der Waals surface area contributed by atoms with Crippen LogP contribution in [0.2, 0.25) is 0 Å². The Hall–Kier alpha value is -2.05. The van der Waals surface area contributed by atoms with Gasteiger partial charge in [-0.15, -0.1) is 0 Å². The molecule has 0 amide bonds. The topological polar surface area (TPSA) is 92.4 Å². The molecule has 1 unspecified atom stereocenters.